The molecule has 0 radical (unpaired) electrons. The first kappa shape index (κ1) is 19.7. The molecule has 130 valence electrons. The number of benzene rings is 1. The van der Waals surface area contributed by atoms with Gasteiger partial charge in [0, 0.05) is 19.2 Å². The summed E-state index contributed by atoms with van der Waals surface area (Å²) in [5.74, 6) is 0.0703. The van der Waals surface area contributed by atoms with Gasteiger partial charge in [-0.1, -0.05) is 0 Å². The van der Waals surface area contributed by atoms with Crippen molar-refractivity contribution in [2.45, 2.75) is 32.9 Å². The molecule has 23 heavy (non-hydrogen) atoms. The predicted octanol–water partition coefficient (Wildman–Crippen LogP) is 3.98. The smallest absolute Gasteiger partial charge is 0.410 e. The molecule has 0 N–H and O–H groups in total. The van der Waals surface area contributed by atoms with E-state index >= 15 is 0 Å². The predicted molar refractivity (Wildman–Crippen MR) is 89.2 cm³/mol. The molecule has 0 unspecified atom stereocenters. The topological polar surface area (TPSA) is 48.0 Å². The zero-order chi connectivity index (χ0) is 17.6. The van der Waals surface area contributed by atoms with Crippen molar-refractivity contribution in [1.29, 1.82) is 0 Å². The standard InChI is InChI=1S/C16H23BrFNO4/c1-16(2,3)23-15(20)19(8-9-21-4)10-11-13(22-5)7-6-12(18)14(11)17/h6-7H,8-10H2,1-5H3. The van der Waals surface area contributed by atoms with E-state index in [2.05, 4.69) is 15.9 Å². The number of ether oxygens (including phenoxy) is 3. The molecule has 0 saturated carbocycles. The van der Waals surface area contributed by atoms with Gasteiger partial charge in [-0.05, 0) is 48.8 Å². The van der Waals surface area contributed by atoms with E-state index in [-0.39, 0.29) is 11.0 Å². The summed E-state index contributed by atoms with van der Waals surface area (Å²) in [4.78, 5) is 13.8. The Hall–Kier alpha value is -1.34. The molecule has 0 bridgehead atoms. The van der Waals surface area contributed by atoms with Gasteiger partial charge in [0.05, 0.1) is 24.7 Å². The SMILES string of the molecule is COCCN(Cc1c(OC)ccc(F)c1Br)C(=O)OC(C)(C)C. The van der Waals surface area contributed by atoms with Crippen LogP contribution >= 0.6 is 15.9 Å². The molecule has 0 aromatic heterocycles. The van der Waals surface area contributed by atoms with Crippen LogP contribution in [-0.4, -0.2) is 44.0 Å². The Morgan fingerprint density at radius 3 is 2.48 bits per heavy atom. The van der Waals surface area contributed by atoms with Gasteiger partial charge in [0.25, 0.3) is 0 Å². The first-order valence-electron chi connectivity index (χ1n) is 7.17. The monoisotopic (exact) mass is 391 g/mol. The number of rotatable bonds is 6. The summed E-state index contributed by atoms with van der Waals surface area (Å²) in [6.45, 7) is 6.17. The van der Waals surface area contributed by atoms with Crippen molar-refractivity contribution < 1.29 is 23.4 Å². The van der Waals surface area contributed by atoms with Gasteiger partial charge in [-0.3, -0.25) is 0 Å². The molecule has 0 aliphatic heterocycles. The van der Waals surface area contributed by atoms with Gasteiger partial charge in [-0.25, -0.2) is 9.18 Å². The molecular formula is C16H23BrFNO4. The molecule has 0 heterocycles. The normalized spacial score (nSPS) is 11.3. The second-order valence-corrected chi connectivity index (χ2v) is 6.73. The maximum atomic E-state index is 13.8. The van der Waals surface area contributed by atoms with Gasteiger partial charge in [0.15, 0.2) is 0 Å². The number of methoxy groups -OCH3 is 2. The van der Waals surface area contributed by atoms with E-state index in [1.807, 2.05) is 0 Å². The largest absolute Gasteiger partial charge is 0.496 e. The second-order valence-electron chi connectivity index (χ2n) is 5.94. The molecule has 1 aromatic carbocycles. The van der Waals surface area contributed by atoms with Crippen LogP contribution in [0.5, 0.6) is 5.75 Å². The number of nitrogens with zero attached hydrogens (tertiary/aromatic N) is 1. The Bertz CT molecular complexity index is 546. The van der Waals surface area contributed by atoms with Crippen molar-refractivity contribution in [3.8, 4) is 5.75 Å². The summed E-state index contributed by atoms with van der Waals surface area (Å²) in [5, 5.41) is 0. The van der Waals surface area contributed by atoms with Crippen LogP contribution in [0.2, 0.25) is 0 Å². The number of carbonyl (C=O) groups is 1. The fourth-order valence-electron chi connectivity index (χ4n) is 1.87. The number of halogens is 2. The molecule has 0 aliphatic carbocycles. The molecular weight excluding hydrogens is 369 g/mol. The number of hydrogen-bond acceptors (Lipinski definition) is 4. The zero-order valence-electron chi connectivity index (χ0n) is 14.1. The minimum absolute atomic E-state index is 0.139. The highest BCUT2D eigenvalue weighted by Crippen LogP contribution is 2.31. The fraction of sp³-hybridized carbons (Fsp3) is 0.562. The third kappa shape index (κ3) is 5.99. The minimum Gasteiger partial charge on any atom is -0.496 e. The van der Waals surface area contributed by atoms with E-state index in [1.54, 1.807) is 27.9 Å². The lowest BCUT2D eigenvalue weighted by Crippen LogP contribution is -2.38. The highest BCUT2D eigenvalue weighted by atomic mass is 79.9. The Morgan fingerprint density at radius 1 is 1.30 bits per heavy atom. The zero-order valence-corrected chi connectivity index (χ0v) is 15.7. The van der Waals surface area contributed by atoms with Crippen molar-refractivity contribution in [3.63, 3.8) is 0 Å². The third-order valence-electron chi connectivity index (χ3n) is 2.94. The van der Waals surface area contributed by atoms with Gasteiger partial charge in [-0.2, -0.15) is 0 Å². The lowest BCUT2D eigenvalue weighted by Gasteiger charge is -2.28. The van der Waals surface area contributed by atoms with Crippen LogP contribution in [0, 0.1) is 5.82 Å². The quantitative estimate of drug-likeness (QED) is 0.735. The lowest BCUT2D eigenvalue weighted by atomic mass is 10.1. The molecule has 5 nitrogen and oxygen atoms in total. The van der Waals surface area contributed by atoms with Crippen molar-refractivity contribution in [1.82, 2.24) is 4.90 Å². The molecule has 0 fully saturated rings. The van der Waals surface area contributed by atoms with Crippen LogP contribution in [0.25, 0.3) is 0 Å². The van der Waals surface area contributed by atoms with Crippen molar-refractivity contribution in [3.05, 3.63) is 28.0 Å². The van der Waals surface area contributed by atoms with E-state index in [0.29, 0.717) is 24.5 Å². The van der Waals surface area contributed by atoms with Crippen LogP contribution in [-0.2, 0) is 16.0 Å². The van der Waals surface area contributed by atoms with Gasteiger partial charge in [-0.15, -0.1) is 0 Å². The second kappa shape index (κ2) is 8.49. The third-order valence-corrected chi connectivity index (χ3v) is 3.80. The highest BCUT2D eigenvalue weighted by molar-refractivity contribution is 9.10. The summed E-state index contributed by atoms with van der Waals surface area (Å²) >= 11 is 3.21. The van der Waals surface area contributed by atoms with Gasteiger partial charge in [0.1, 0.15) is 17.2 Å². The van der Waals surface area contributed by atoms with Gasteiger partial charge in [0.2, 0.25) is 0 Å². The van der Waals surface area contributed by atoms with Crippen molar-refractivity contribution >= 4 is 22.0 Å². The highest BCUT2D eigenvalue weighted by Gasteiger charge is 2.24. The molecule has 0 aliphatic rings. The van der Waals surface area contributed by atoms with Crippen LogP contribution in [0.15, 0.2) is 16.6 Å². The van der Waals surface area contributed by atoms with E-state index in [4.69, 9.17) is 14.2 Å². The summed E-state index contributed by atoms with van der Waals surface area (Å²) in [6, 6.07) is 2.83. The molecule has 0 saturated heterocycles. The van der Waals surface area contributed by atoms with E-state index < -0.39 is 17.5 Å². The van der Waals surface area contributed by atoms with Gasteiger partial charge >= 0.3 is 6.09 Å². The maximum absolute atomic E-state index is 13.8. The first-order valence-corrected chi connectivity index (χ1v) is 7.96. The molecule has 1 aromatic rings. The molecule has 1 amide bonds. The van der Waals surface area contributed by atoms with Crippen LogP contribution in [0.4, 0.5) is 9.18 Å². The summed E-state index contributed by atoms with van der Waals surface area (Å²) in [7, 11) is 3.04. The van der Waals surface area contributed by atoms with Crippen molar-refractivity contribution in [2.75, 3.05) is 27.4 Å². The number of amides is 1. The van der Waals surface area contributed by atoms with Crippen LogP contribution in [0.3, 0.4) is 0 Å². The number of hydrogen-bond donors (Lipinski definition) is 0. The van der Waals surface area contributed by atoms with E-state index in [9.17, 15) is 9.18 Å². The van der Waals surface area contributed by atoms with Crippen LogP contribution < -0.4 is 4.74 Å². The Balaban J connectivity index is 3.06. The van der Waals surface area contributed by atoms with Crippen molar-refractivity contribution in [2.24, 2.45) is 0 Å². The average Bonchev–Trinajstić information content (AvgIpc) is 2.45. The maximum Gasteiger partial charge on any atom is 0.410 e. The lowest BCUT2D eigenvalue weighted by molar-refractivity contribution is 0.0182. The Morgan fingerprint density at radius 2 is 1.96 bits per heavy atom. The van der Waals surface area contributed by atoms with Gasteiger partial charge < -0.3 is 19.1 Å². The molecule has 0 atom stereocenters. The Kier molecular flexibility index (Phi) is 7.28. The summed E-state index contributed by atoms with van der Waals surface area (Å²) in [5.41, 5.74) is -0.0828. The van der Waals surface area contributed by atoms with E-state index in [1.165, 1.54) is 24.1 Å². The molecule has 7 heteroatoms. The average molecular weight is 392 g/mol. The first-order chi connectivity index (χ1) is 10.7. The summed E-state index contributed by atoms with van der Waals surface area (Å²) < 4.78 is 29.8. The molecule has 0 spiro atoms. The fourth-order valence-corrected chi connectivity index (χ4v) is 2.32. The van der Waals surface area contributed by atoms with E-state index in [0.717, 1.165) is 0 Å². The van der Waals surface area contributed by atoms with Crippen LogP contribution in [0.1, 0.15) is 26.3 Å². The Labute approximate surface area is 144 Å². The minimum atomic E-state index is -0.619. The molecule has 1 rings (SSSR count). The summed E-state index contributed by atoms with van der Waals surface area (Å²) in [6.07, 6.45) is -0.493. The number of carbonyl (C=O) groups excluding carboxylic acids is 1.